The maximum absolute atomic E-state index is 12.8. The van der Waals surface area contributed by atoms with Crippen LogP contribution in [0.15, 0.2) is 24.3 Å². The average Bonchev–Trinajstić information content (AvgIpc) is 2.73. The first-order valence-electron chi connectivity index (χ1n) is 7.66. The van der Waals surface area contributed by atoms with Gasteiger partial charge in [0.1, 0.15) is 6.17 Å². The van der Waals surface area contributed by atoms with Gasteiger partial charge in [-0.2, -0.15) is 11.8 Å². The van der Waals surface area contributed by atoms with Gasteiger partial charge in [0, 0.05) is 6.54 Å². The van der Waals surface area contributed by atoms with Crippen molar-refractivity contribution in [3.8, 4) is 0 Å². The van der Waals surface area contributed by atoms with Crippen LogP contribution in [0.5, 0.6) is 0 Å². The summed E-state index contributed by atoms with van der Waals surface area (Å²) in [6, 6.07) is 8.45. The van der Waals surface area contributed by atoms with Crippen LogP contribution in [0.3, 0.4) is 0 Å². The van der Waals surface area contributed by atoms with Crippen molar-refractivity contribution in [1.82, 2.24) is 10.2 Å². The van der Waals surface area contributed by atoms with Gasteiger partial charge in [-0.25, -0.2) is 0 Å². The zero-order valence-corrected chi connectivity index (χ0v) is 14.3. The van der Waals surface area contributed by atoms with E-state index in [0.29, 0.717) is 0 Å². The van der Waals surface area contributed by atoms with Crippen LogP contribution in [0.2, 0.25) is 0 Å². The predicted molar refractivity (Wildman–Crippen MR) is 90.5 cm³/mol. The molecule has 0 radical (unpaired) electrons. The Morgan fingerprint density at radius 2 is 2.19 bits per heavy atom. The van der Waals surface area contributed by atoms with Gasteiger partial charge in [0.05, 0.1) is 5.54 Å². The molecule has 1 aliphatic heterocycles. The SMILES string of the molecule is CCC1(C)NC(c2cccc(C)c2)N(CCCSC)C1=O. The van der Waals surface area contributed by atoms with Gasteiger partial charge in [0.25, 0.3) is 0 Å². The van der Waals surface area contributed by atoms with E-state index in [4.69, 9.17) is 0 Å². The van der Waals surface area contributed by atoms with E-state index in [1.807, 2.05) is 23.6 Å². The molecule has 1 heterocycles. The minimum atomic E-state index is -0.437. The second kappa shape index (κ2) is 6.84. The normalized spacial score (nSPS) is 25.6. The standard InChI is InChI=1S/C17H26N2OS/c1-5-17(3)16(20)19(10-7-11-21-4)15(18-17)14-9-6-8-13(2)12-14/h6,8-9,12,15,18H,5,7,10-11H2,1-4H3. The van der Waals surface area contributed by atoms with Gasteiger partial charge in [-0.3, -0.25) is 10.1 Å². The van der Waals surface area contributed by atoms with E-state index in [1.54, 1.807) is 0 Å². The molecule has 1 saturated heterocycles. The van der Waals surface area contributed by atoms with Crippen LogP contribution in [0.25, 0.3) is 0 Å². The summed E-state index contributed by atoms with van der Waals surface area (Å²) in [5.41, 5.74) is 1.98. The van der Waals surface area contributed by atoms with E-state index in [1.165, 1.54) is 11.1 Å². The first-order valence-corrected chi connectivity index (χ1v) is 9.05. The number of hydrogen-bond donors (Lipinski definition) is 1. The average molecular weight is 306 g/mol. The van der Waals surface area contributed by atoms with Gasteiger partial charge in [0.15, 0.2) is 0 Å². The van der Waals surface area contributed by atoms with Crippen LogP contribution in [0.4, 0.5) is 0 Å². The summed E-state index contributed by atoms with van der Waals surface area (Å²) in [5.74, 6) is 1.32. The van der Waals surface area contributed by atoms with Gasteiger partial charge in [0.2, 0.25) is 5.91 Å². The number of carbonyl (C=O) groups excluding carboxylic acids is 1. The molecular formula is C17H26N2OS. The molecule has 1 N–H and O–H groups in total. The summed E-state index contributed by atoms with van der Waals surface area (Å²) in [7, 11) is 0. The number of carbonyl (C=O) groups is 1. The smallest absolute Gasteiger partial charge is 0.244 e. The zero-order valence-electron chi connectivity index (χ0n) is 13.5. The molecule has 1 fully saturated rings. The highest BCUT2D eigenvalue weighted by molar-refractivity contribution is 7.98. The van der Waals surface area contributed by atoms with Gasteiger partial charge in [-0.15, -0.1) is 0 Å². The van der Waals surface area contributed by atoms with Crippen molar-refractivity contribution in [3.05, 3.63) is 35.4 Å². The number of rotatable bonds is 6. The molecule has 1 aromatic carbocycles. The molecule has 1 aliphatic rings. The van der Waals surface area contributed by atoms with Gasteiger partial charge < -0.3 is 4.90 Å². The van der Waals surface area contributed by atoms with Crippen molar-refractivity contribution < 1.29 is 4.79 Å². The third-order valence-electron chi connectivity index (χ3n) is 4.31. The Bertz CT molecular complexity index is 505. The van der Waals surface area contributed by atoms with Crippen molar-refractivity contribution in [2.24, 2.45) is 0 Å². The lowest BCUT2D eigenvalue weighted by atomic mass is 9.99. The minimum Gasteiger partial charge on any atom is -0.321 e. The van der Waals surface area contributed by atoms with Crippen LogP contribution >= 0.6 is 11.8 Å². The summed E-state index contributed by atoms with van der Waals surface area (Å²) >= 11 is 1.83. The Balaban J connectivity index is 2.25. The quantitative estimate of drug-likeness (QED) is 0.818. The molecule has 116 valence electrons. The maximum atomic E-state index is 12.8. The van der Waals surface area contributed by atoms with E-state index in [0.717, 1.165) is 25.1 Å². The van der Waals surface area contributed by atoms with Crippen molar-refractivity contribution in [3.63, 3.8) is 0 Å². The Labute approximate surface area is 132 Å². The lowest BCUT2D eigenvalue weighted by Gasteiger charge is -2.24. The highest BCUT2D eigenvalue weighted by Gasteiger charge is 2.46. The molecule has 3 nitrogen and oxygen atoms in total. The summed E-state index contributed by atoms with van der Waals surface area (Å²) in [4.78, 5) is 14.8. The van der Waals surface area contributed by atoms with Crippen LogP contribution in [0.1, 0.15) is 44.0 Å². The first kappa shape index (κ1) is 16.4. The van der Waals surface area contributed by atoms with Crippen LogP contribution in [-0.2, 0) is 4.79 Å². The Kier molecular flexibility index (Phi) is 5.33. The largest absolute Gasteiger partial charge is 0.321 e. The van der Waals surface area contributed by atoms with E-state index >= 15 is 0 Å². The second-order valence-electron chi connectivity index (χ2n) is 5.99. The molecule has 1 amide bonds. The van der Waals surface area contributed by atoms with E-state index in [2.05, 4.69) is 49.7 Å². The Hall–Kier alpha value is -1.00. The fourth-order valence-corrected chi connectivity index (χ4v) is 3.26. The third kappa shape index (κ3) is 3.43. The molecule has 0 saturated carbocycles. The number of nitrogens with one attached hydrogen (secondary N) is 1. The van der Waals surface area contributed by atoms with Crippen molar-refractivity contribution in [2.75, 3.05) is 18.6 Å². The number of thioether (sulfide) groups is 1. The summed E-state index contributed by atoms with van der Waals surface area (Å²) in [6.45, 7) is 7.01. The van der Waals surface area contributed by atoms with Crippen molar-refractivity contribution in [1.29, 1.82) is 0 Å². The summed E-state index contributed by atoms with van der Waals surface area (Å²) in [5, 5.41) is 3.56. The molecule has 0 aromatic heterocycles. The number of nitrogens with zero attached hydrogens (tertiary/aromatic N) is 1. The van der Waals surface area contributed by atoms with Crippen molar-refractivity contribution in [2.45, 2.75) is 45.3 Å². The van der Waals surface area contributed by atoms with E-state index in [9.17, 15) is 4.79 Å². The molecule has 4 heteroatoms. The monoisotopic (exact) mass is 306 g/mol. The maximum Gasteiger partial charge on any atom is 0.244 e. The molecule has 2 unspecified atom stereocenters. The highest BCUT2D eigenvalue weighted by Crippen LogP contribution is 2.33. The van der Waals surface area contributed by atoms with Gasteiger partial charge in [-0.05, 0) is 44.3 Å². The molecular weight excluding hydrogens is 280 g/mol. The summed E-state index contributed by atoms with van der Waals surface area (Å²) in [6.07, 6.45) is 3.96. The number of aryl methyl sites for hydroxylation is 1. The lowest BCUT2D eigenvalue weighted by Crippen LogP contribution is -2.43. The van der Waals surface area contributed by atoms with Crippen molar-refractivity contribution >= 4 is 17.7 Å². The number of hydrogen-bond acceptors (Lipinski definition) is 3. The van der Waals surface area contributed by atoms with E-state index < -0.39 is 5.54 Å². The molecule has 2 atom stereocenters. The minimum absolute atomic E-state index is 0.00389. The molecule has 0 aliphatic carbocycles. The van der Waals surface area contributed by atoms with Gasteiger partial charge >= 0.3 is 0 Å². The molecule has 21 heavy (non-hydrogen) atoms. The van der Waals surface area contributed by atoms with E-state index in [-0.39, 0.29) is 12.1 Å². The molecule has 2 rings (SSSR count). The lowest BCUT2D eigenvalue weighted by molar-refractivity contribution is -0.133. The van der Waals surface area contributed by atoms with Crippen LogP contribution in [-0.4, -0.2) is 34.9 Å². The zero-order chi connectivity index (χ0) is 15.5. The summed E-state index contributed by atoms with van der Waals surface area (Å²) < 4.78 is 0. The number of benzene rings is 1. The Morgan fingerprint density at radius 1 is 1.43 bits per heavy atom. The topological polar surface area (TPSA) is 32.3 Å². The highest BCUT2D eigenvalue weighted by atomic mass is 32.2. The second-order valence-corrected chi connectivity index (χ2v) is 6.98. The fourth-order valence-electron chi connectivity index (χ4n) is 2.84. The van der Waals surface area contributed by atoms with Crippen LogP contribution < -0.4 is 5.32 Å². The van der Waals surface area contributed by atoms with Gasteiger partial charge in [-0.1, -0.05) is 36.8 Å². The predicted octanol–water partition coefficient (Wildman–Crippen LogP) is 3.35. The molecule has 1 aromatic rings. The molecule has 0 bridgehead atoms. The first-order chi connectivity index (χ1) is 10.0. The van der Waals surface area contributed by atoms with Crippen LogP contribution in [0, 0.1) is 6.92 Å². The third-order valence-corrected chi connectivity index (χ3v) is 5.01. The number of amides is 1. The fraction of sp³-hybridized carbons (Fsp3) is 0.588. The molecule has 0 spiro atoms. The Morgan fingerprint density at radius 3 is 2.81 bits per heavy atom.